The number of aromatic nitrogens is 1. The maximum atomic E-state index is 5.66. The second-order valence-electron chi connectivity index (χ2n) is 7.37. The van der Waals surface area contributed by atoms with Crippen molar-refractivity contribution in [2.45, 2.75) is 23.0 Å². The van der Waals surface area contributed by atoms with Gasteiger partial charge in [0.25, 0.3) is 0 Å². The summed E-state index contributed by atoms with van der Waals surface area (Å²) in [6.07, 6.45) is 2.13. The number of rotatable bonds is 2. The van der Waals surface area contributed by atoms with Crippen molar-refractivity contribution in [1.82, 2.24) is 4.98 Å². The lowest BCUT2D eigenvalue weighted by Crippen LogP contribution is -1.93. The summed E-state index contributed by atoms with van der Waals surface area (Å²) in [6, 6.07) is 24.4. The van der Waals surface area contributed by atoms with E-state index in [9.17, 15) is 0 Å². The number of thioether (sulfide) groups is 1. The molecule has 0 bridgehead atoms. The molecule has 2 aliphatic rings. The molecule has 2 nitrogen and oxygen atoms in total. The number of aromatic amines is 1. The summed E-state index contributed by atoms with van der Waals surface area (Å²) in [5, 5.41) is 1.77. The topological polar surface area (TPSA) is 25.0 Å². The van der Waals surface area contributed by atoms with E-state index in [1.165, 1.54) is 43.7 Å². The van der Waals surface area contributed by atoms with Crippen LogP contribution in [0.5, 0.6) is 5.75 Å². The molecule has 2 aliphatic heterocycles. The number of benzene rings is 3. The van der Waals surface area contributed by atoms with Gasteiger partial charge in [0.05, 0.1) is 6.61 Å². The molecule has 1 aromatic heterocycles. The van der Waals surface area contributed by atoms with Gasteiger partial charge in [0.2, 0.25) is 0 Å². The fourth-order valence-electron chi connectivity index (χ4n) is 4.24. The van der Waals surface area contributed by atoms with Crippen LogP contribution < -0.4 is 4.74 Å². The van der Waals surface area contributed by atoms with E-state index < -0.39 is 0 Å². The molecule has 0 amide bonds. The van der Waals surface area contributed by atoms with Crippen LogP contribution in [0.1, 0.15) is 21.9 Å². The molecule has 27 heavy (non-hydrogen) atoms. The first-order valence-corrected chi connectivity index (χ1v) is 10.3. The number of nitrogens with one attached hydrogen (secondary N) is 1. The molecule has 1 unspecified atom stereocenters. The summed E-state index contributed by atoms with van der Waals surface area (Å²) < 4.78 is 5.66. The summed E-state index contributed by atoms with van der Waals surface area (Å²) >= 11 is 1.99. The summed E-state index contributed by atoms with van der Waals surface area (Å²) in [5.74, 6) is 1.07. The number of fused-ring (bicyclic) bond motifs is 3. The van der Waals surface area contributed by atoms with E-state index in [-0.39, 0.29) is 0 Å². The average molecular weight is 369 g/mol. The smallest absolute Gasteiger partial charge is 0.122 e. The van der Waals surface area contributed by atoms with Gasteiger partial charge in [-0.25, -0.2) is 0 Å². The second kappa shape index (κ2) is 5.93. The molecule has 6 rings (SSSR count). The first kappa shape index (κ1) is 15.4. The van der Waals surface area contributed by atoms with Crippen LogP contribution in [-0.4, -0.2) is 11.6 Å². The van der Waals surface area contributed by atoms with Crippen LogP contribution in [0, 0.1) is 0 Å². The third-order valence-electron chi connectivity index (χ3n) is 5.66. The number of para-hydroxylation sites is 1. The lowest BCUT2D eigenvalue weighted by Gasteiger charge is -2.10. The van der Waals surface area contributed by atoms with Crippen molar-refractivity contribution in [2.24, 2.45) is 0 Å². The maximum Gasteiger partial charge on any atom is 0.122 e. The van der Waals surface area contributed by atoms with Gasteiger partial charge in [-0.3, -0.25) is 0 Å². The van der Waals surface area contributed by atoms with Crippen molar-refractivity contribution >= 4 is 22.7 Å². The normalized spacial score (nSPS) is 17.7. The molecule has 3 heteroatoms. The predicted molar refractivity (Wildman–Crippen MR) is 112 cm³/mol. The van der Waals surface area contributed by atoms with Gasteiger partial charge in [0.15, 0.2) is 0 Å². The molecule has 1 atom stereocenters. The number of hydrogen-bond donors (Lipinski definition) is 1. The highest BCUT2D eigenvalue weighted by Gasteiger charge is 2.25. The van der Waals surface area contributed by atoms with Crippen molar-refractivity contribution < 1.29 is 4.74 Å². The van der Waals surface area contributed by atoms with E-state index in [0.29, 0.717) is 5.25 Å². The van der Waals surface area contributed by atoms with Crippen molar-refractivity contribution in [1.29, 1.82) is 0 Å². The summed E-state index contributed by atoms with van der Waals surface area (Å²) in [6.45, 7) is 0.824. The Hall–Kier alpha value is -2.65. The quantitative estimate of drug-likeness (QED) is 0.458. The Balaban J connectivity index is 1.32. The van der Waals surface area contributed by atoms with Crippen LogP contribution in [0.2, 0.25) is 0 Å². The Morgan fingerprint density at radius 1 is 0.926 bits per heavy atom. The minimum atomic E-state index is 0.504. The highest BCUT2D eigenvalue weighted by molar-refractivity contribution is 7.99. The lowest BCUT2D eigenvalue weighted by atomic mass is 10.00. The van der Waals surface area contributed by atoms with Crippen LogP contribution in [0.15, 0.2) is 71.6 Å². The van der Waals surface area contributed by atoms with E-state index in [0.717, 1.165) is 25.2 Å². The van der Waals surface area contributed by atoms with Crippen LogP contribution in [-0.2, 0) is 12.8 Å². The summed E-state index contributed by atoms with van der Waals surface area (Å²) in [5.41, 5.74) is 7.91. The van der Waals surface area contributed by atoms with Crippen molar-refractivity contribution in [3.63, 3.8) is 0 Å². The third kappa shape index (κ3) is 2.57. The van der Waals surface area contributed by atoms with Crippen molar-refractivity contribution in [3.05, 3.63) is 83.4 Å². The van der Waals surface area contributed by atoms with Crippen LogP contribution in [0.3, 0.4) is 0 Å². The predicted octanol–water partition coefficient (Wildman–Crippen LogP) is 6.16. The Bertz CT molecular complexity index is 1140. The molecule has 0 spiro atoms. The molecule has 0 radical (unpaired) electrons. The fourth-order valence-corrected chi connectivity index (χ4v) is 5.53. The standard InChI is InChI=1S/C24H19NOS/c1-2-4-20-15(3-1)13-21(25-20)16-6-8-23-19(11-16)14-24(27-23)18-5-7-22-17(12-18)9-10-26-22/h1-8,11-13,24-25H,9-10,14H2. The van der Waals surface area contributed by atoms with Crippen molar-refractivity contribution in [3.8, 4) is 17.0 Å². The first-order chi connectivity index (χ1) is 13.3. The largest absolute Gasteiger partial charge is 0.493 e. The Morgan fingerprint density at radius 2 is 1.89 bits per heavy atom. The number of ether oxygens (including phenoxy) is 1. The number of hydrogen-bond acceptors (Lipinski definition) is 2. The van der Waals surface area contributed by atoms with Gasteiger partial charge in [-0.1, -0.05) is 36.4 Å². The van der Waals surface area contributed by atoms with Gasteiger partial charge >= 0.3 is 0 Å². The zero-order valence-electron chi connectivity index (χ0n) is 14.9. The molecule has 0 saturated carbocycles. The average Bonchev–Trinajstić information content (AvgIpc) is 3.42. The molecule has 0 saturated heterocycles. The zero-order valence-corrected chi connectivity index (χ0v) is 15.7. The molecule has 4 aromatic rings. The Kier molecular flexibility index (Phi) is 3.38. The number of H-pyrrole nitrogens is 1. The van der Waals surface area contributed by atoms with Gasteiger partial charge in [-0.15, -0.1) is 11.8 Å². The molecule has 3 heterocycles. The first-order valence-electron chi connectivity index (χ1n) is 9.47. The van der Waals surface area contributed by atoms with Crippen LogP contribution >= 0.6 is 11.8 Å². The van der Waals surface area contributed by atoms with Crippen LogP contribution in [0.4, 0.5) is 0 Å². The molecular weight excluding hydrogens is 350 g/mol. The summed E-state index contributed by atoms with van der Waals surface area (Å²) in [4.78, 5) is 4.97. The fraction of sp³-hybridized carbons (Fsp3) is 0.167. The minimum Gasteiger partial charge on any atom is -0.493 e. The molecule has 0 aliphatic carbocycles. The van der Waals surface area contributed by atoms with Crippen molar-refractivity contribution in [2.75, 3.05) is 6.61 Å². The Labute approximate surface area is 162 Å². The van der Waals surface area contributed by atoms with Crippen LogP contribution in [0.25, 0.3) is 22.2 Å². The SMILES string of the molecule is c1ccc2[nH]c(-c3ccc4c(c3)CC(c3ccc5c(c3)CCO5)S4)cc2c1. The van der Waals surface area contributed by atoms with E-state index in [1.807, 2.05) is 11.8 Å². The highest BCUT2D eigenvalue weighted by atomic mass is 32.2. The third-order valence-corrected chi connectivity index (χ3v) is 7.04. The highest BCUT2D eigenvalue weighted by Crippen LogP contribution is 2.48. The lowest BCUT2D eigenvalue weighted by molar-refractivity contribution is 0.357. The maximum absolute atomic E-state index is 5.66. The van der Waals surface area contributed by atoms with Gasteiger partial charge in [-0.05, 0) is 59.0 Å². The monoisotopic (exact) mass is 369 g/mol. The molecular formula is C24H19NOS. The second-order valence-corrected chi connectivity index (χ2v) is 8.61. The molecule has 0 fully saturated rings. The zero-order chi connectivity index (χ0) is 17.8. The van der Waals surface area contributed by atoms with Gasteiger partial charge < -0.3 is 9.72 Å². The van der Waals surface area contributed by atoms with Gasteiger partial charge in [0, 0.05) is 33.2 Å². The molecule has 3 aromatic carbocycles. The van der Waals surface area contributed by atoms with E-state index in [2.05, 4.69) is 71.7 Å². The van der Waals surface area contributed by atoms with E-state index in [1.54, 1.807) is 0 Å². The summed E-state index contributed by atoms with van der Waals surface area (Å²) in [7, 11) is 0. The minimum absolute atomic E-state index is 0.504. The van der Waals surface area contributed by atoms with E-state index in [4.69, 9.17) is 4.74 Å². The van der Waals surface area contributed by atoms with E-state index >= 15 is 0 Å². The molecule has 1 N–H and O–H groups in total. The Morgan fingerprint density at radius 3 is 2.85 bits per heavy atom. The van der Waals surface area contributed by atoms with Gasteiger partial charge in [-0.2, -0.15) is 0 Å². The molecule has 132 valence electrons. The van der Waals surface area contributed by atoms with Gasteiger partial charge in [0.1, 0.15) is 5.75 Å².